The van der Waals surface area contributed by atoms with Crippen LogP contribution in [0.4, 0.5) is 0 Å². The molecule has 0 atom stereocenters. The van der Waals surface area contributed by atoms with Gasteiger partial charge in [0.15, 0.2) is 0 Å². The third-order valence-electron chi connectivity index (χ3n) is 4.92. The number of hydrogen-bond acceptors (Lipinski definition) is 4. The maximum atomic E-state index is 11.5. The van der Waals surface area contributed by atoms with Crippen molar-refractivity contribution in [2.45, 2.75) is 25.9 Å². The molecule has 0 bridgehead atoms. The van der Waals surface area contributed by atoms with Crippen molar-refractivity contribution in [3.63, 3.8) is 0 Å². The highest BCUT2D eigenvalue weighted by Gasteiger charge is 2.07. The number of hydrogen-bond donors (Lipinski definition) is 0. The van der Waals surface area contributed by atoms with Gasteiger partial charge in [0, 0.05) is 0 Å². The Morgan fingerprint density at radius 2 is 1.71 bits per heavy atom. The van der Waals surface area contributed by atoms with Gasteiger partial charge in [0.2, 0.25) is 0 Å². The van der Waals surface area contributed by atoms with Crippen molar-refractivity contribution >= 4 is 5.97 Å². The lowest BCUT2D eigenvalue weighted by atomic mass is 10.0. The maximum absolute atomic E-state index is 11.5. The van der Waals surface area contributed by atoms with Crippen LogP contribution in [0.1, 0.15) is 33.5 Å². The predicted octanol–water partition coefficient (Wildman–Crippen LogP) is 5.79. The van der Waals surface area contributed by atoms with E-state index in [9.17, 15) is 4.79 Å². The highest BCUT2D eigenvalue weighted by atomic mass is 16.5. The number of ether oxygens (including phenoxy) is 3. The molecule has 0 heterocycles. The van der Waals surface area contributed by atoms with E-state index in [1.807, 2.05) is 66.7 Å². The molecule has 0 saturated heterocycles. The monoisotopic (exact) mass is 416 g/mol. The van der Waals surface area contributed by atoms with Crippen LogP contribution in [0.25, 0.3) is 0 Å². The predicted molar refractivity (Wildman–Crippen MR) is 123 cm³/mol. The van der Waals surface area contributed by atoms with Crippen LogP contribution in [0.15, 0.2) is 85.5 Å². The molecule has 4 heteroatoms. The molecule has 0 amide bonds. The second-order valence-electron chi connectivity index (χ2n) is 7.19. The second kappa shape index (κ2) is 11.6. The van der Waals surface area contributed by atoms with Crippen LogP contribution >= 0.6 is 0 Å². The summed E-state index contributed by atoms with van der Waals surface area (Å²) in [7, 11) is 1.39. The molecule has 4 nitrogen and oxygen atoms in total. The van der Waals surface area contributed by atoms with Gasteiger partial charge < -0.3 is 14.2 Å². The van der Waals surface area contributed by atoms with Crippen molar-refractivity contribution < 1.29 is 19.0 Å². The largest absolute Gasteiger partial charge is 0.490 e. The third kappa shape index (κ3) is 6.75. The van der Waals surface area contributed by atoms with E-state index in [0.717, 1.165) is 36.3 Å². The minimum atomic E-state index is -0.310. The zero-order chi connectivity index (χ0) is 21.9. The number of benzene rings is 3. The Bertz CT molecular complexity index is 992. The average Bonchev–Trinajstić information content (AvgIpc) is 2.82. The molecule has 0 N–H and O–H groups in total. The smallest absolute Gasteiger partial charge is 0.337 e. The minimum absolute atomic E-state index is 0.310. The Balaban J connectivity index is 1.54. The van der Waals surface area contributed by atoms with Crippen LogP contribution < -0.4 is 9.47 Å². The molecule has 0 spiro atoms. The summed E-state index contributed by atoms with van der Waals surface area (Å²) in [4.78, 5) is 11.5. The van der Waals surface area contributed by atoms with Crippen molar-refractivity contribution in [3.8, 4) is 11.5 Å². The SMILES string of the molecule is C=CCOc1cccc(COc2ccccc2CCCc2ccc(C(=O)OC)cc2)c1. The van der Waals surface area contributed by atoms with Crippen LogP contribution in [-0.4, -0.2) is 19.7 Å². The first-order valence-electron chi connectivity index (χ1n) is 10.4. The Labute approximate surface area is 184 Å². The van der Waals surface area contributed by atoms with Crippen molar-refractivity contribution in [1.29, 1.82) is 0 Å². The van der Waals surface area contributed by atoms with E-state index in [4.69, 9.17) is 14.2 Å². The van der Waals surface area contributed by atoms with E-state index in [1.54, 1.807) is 6.08 Å². The molecular weight excluding hydrogens is 388 g/mol. The van der Waals surface area contributed by atoms with Gasteiger partial charge in [-0.25, -0.2) is 4.79 Å². The molecule has 0 aliphatic carbocycles. The lowest BCUT2D eigenvalue weighted by Crippen LogP contribution is -2.01. The summed E-state index contributed by atoms with van der Waals surface area (Å²) < 4.78 is 16.5. The minimum Gasteiger partial charge on any atom is -0.490 e. The van der Waals surface area contributed by atoms with E-state index in [-0.39, 0.29) is 5.97 Å². The summed E-state index contributed by atoms with van der Waals surface area (Å²) in [5.41, 5.74) is 4.01. The number of carbonyl (C=O) groups excluding carboxylic acids is 1. The summed E-state index contributed by atoms with van der Waals surface area (Å²) in [5.74, 6) is 1.41. The van der Waals surface area contributed by atoms with E-state index in [0.29, 0.717) is 18.8 Å². The molecule has 0 saturated carbocycles. The normalized spacial score (nSPS) is 10.4. The fraction of sp³-hybridized carbons (Fsp3) is 0.222. The van der Waals surface area contributed by atoms with Gasteiger partial charge >= 0.3 is 5.97 Å². The quantitative estimate of drug-likeness (QED) is 0.293. The van der Waals surface area contributed by atoms with Gasteiger partial charge in [0.1, 0.15) is 24.7 Å². The van der Waals surface area contributed by atoms with Crippen LogP contribution in [0.3, 0.4) is 0 Å². The molecule has 3 aromatic carbocycles. The van der Waals surface area contributed by atoms with Gasteiger partial charge in [-0.1, -0.05) is 55.1 Å². The highest BCUT2D eigenvalue weighted by Crippen LogP contribution is 2.23. The highest BCUT2D eigenvalue weighted by molar-refractivity contribution is 5.89. The standard InChI is InChI=1S/C27H28O4/c1-3-18-30-25-12-7-9-22(19-25)20-31-26-13-5-4-10-23(26)11-6-8-21-14-16-24(17-15-21)27(28)29-2/h3-5,7,9-10,12-17,19H,1,6,8,11,18,20H2,2H3. The molecule has 3 aromatic rings. The molecule has 0 radical (unpaired) electrons. The second-order valence-corrected chi connectivity index (χ2v) is 7.19. The van der Waals surface area contributed by atoms with Crippen molar-refractivity contribution in [1.82, 2.24) is 0 Å². The van der Waals surface area contributed by atoms with Gasteiger partial charge in [-0.3, -0.25) is 0 Å². The Hall–Kier alpha value is -3.53. The van der Waals surface area contributed by atoms with E-state index in [2.05, 4.69) is 12.6 Å². The maximum Gasteiger partial charge on any atom is 0.337 e. The zero-order valence-electron chi connectivity index (χ0n) is 17.9. The van der Waals surface area contributed by atoms with E-state index in [1.165, 1.54) is 18.2 Å². The molecule has 0 aromatic heterocycles. The van der Waals surface area contributed by atoms with Gasteiger partial charge in [-0.15, -0.1) is 0 Å². The number of methoxy groups -OCH3 is 1. The number of esters is 1. The van der Waals surface area contributed by atoms with Crippen molar-refractivity contribution in [3.05, 3.63) is 108 Å². The van der Waals surface area contributed by atoms with Crippen molar-refractivity contribution in [2.75, 3.05) is 13.7 Å². The topological polar surface area (TPSA) is 44.8 Å². The van der Waals surface area contributed by atoms with Gasteiger partial charge in [0.25, 0.3) is 0 Å². The molecule has 31 heavy (non-hydrogen) atoms. The van der Waals surface area contributed by atoms with Crippen LogP contribution in [-0.2, 0) is 24.2 Å². The van der Waals surface area contributed by atoms with Crippen LogP contribution in [0, 0.1) is 0 Å². The van der Waals surface area contributed by atoms with Gasteiger partial charge in [-0.2, -0.15) is 0 Å². The van der Waals surface area contributed by atoms with E-state index < -0.39 is 0 Å². The Kier molecular flexibility index (Phi) is 8.29. The molecule has 3 rings (SSSR count). The summed E-state index contributed by atoms with van der Waals surface area (Å²) in [5, 5.41) is 0. The lowest BCUT2D eigenvalue weighted by molar-refractivity contribution is 0.0600. The lowest BCUT2D eigenvalue weighted by Gasteiger charge is -2.12. The van der Waals surface area contributed by atoms with Crippen LogP contribution in [0.2, 0.25) is 0 Å². The fourth-order valence-corrected chi connectivity index (χ4v) is 3.30. The summed E-state index contributed by atoms with van der Waals surface area (Å²) in [6, 6.07) is 23.7. The Morgan fingerprint density at radius 1 is 0.903 bits per heavy atom. The number of para-hydroxylation sites is 1. The average molecular weight is 417 g/mol. The first-order chi connectivity index (χ1) is 15.2. The molecule has 0 aliphatic heterocycles. The fourth-order valence-electron chi connectivity index (χ4n) is 3.30. The van der Waals surface area contributed by atoms with E-state index >= 15 is 0 Å². The number of carbonyl (C=O) groups is 1. The summed E-state index contributed by atoms with van der Waals surface area (Å²) in [6.45, 7) is 4.64. The molecule has 0 aliphatic rings. The first-order valence-corrected chi connectivity index (χ1v) is 10.4. The molecule has 160 valence electrons. The summed E-state index contributed by atoms with van der Waals surface area (Å²) >= 11 is 0. The Morgan fingerprint density at radius 3 is 2.48 bits per heavy atom. The van der Waals surface area contributed by atoms with Crippen molar-refractivity contribution in [2.24, 2.45) is 0 Å². The summed E-state index contributed by atoms with van der Waals surface area (Å²) in [6.07, 6.45) is 4.56. The molecular formula is C27H28O4. The van der Waals surface area contributed by atoms with Gasteiger partial charge in [-0.05, 0) is 66.3 Å². The number of rotatable bonds is 11. The first kappa shape index (κ1) is 22.2. The van der Waals surface area contributed by atoms with Crippen LogP contribution in [0.5, 0.6) is 11.5 Å². The van der Waals surface area contributed by atoms with Gasteiger partial charge in [0.05, 0.1) is 12.7 Å². The third-order valence-corrected chi connectivity index (χ3v) is 4.92. The molecule has 0 fully saturated rings. The molecule has 0 unspecified atom stereocenters. The zero-order valence-corrected chi connectivity index (χ0v) is 17.9. The number of aryl methyl sites for hydroxylation is 2.